The number of hydrogen-bond acceptors (Lipinski definition) is 5. The molecule has 0 saturated carbocycles. The van der Waals surface area contributed by atoms with Crippen molar-refractivity contribution < 1.29 is 26.7 Å². The van der Waals surface area contributed by atoms with Gasteiger partial charge in [0, 0.05) is 29.9 Å². The molecule has 0 aliphatic carbocycles. The van der Waals surface area contributed by atoms with E-state index >= 15 is 0 Å². The number of hydrogen-bond donors (Lipinski definition) is 0. The Kier molecular flexibility index (Phi) is 4.66. The summed E-state index contributed by atoms with van der Waals surface area (Å²) in [5, 5.41) is 8.31. The molecule has 4 aromatic rings. The van der Waals surface area contributed by atoms with Crippen LogP contribution >= 0.6 is 11.6 Å². The van der Waals surface area contributed by atoms with Crippen LogP contribution in [0.5, 0.6) is 5.75 Å². The van der Waals surface area contributed by atoms with Crippen LogP contribution in [0, 0.1) is 0 Å². The fourth-order valence-electron chi connectivity index (χ4n) is 3.75. The molecular formula is C19H14ClF5N6O. The minimum atomic E-state index is -4.47. The third kappa shape index (κ3) is 3.78. The van der Waals surface area contributed by atoms with E-state index in [4.69, 9.17) is 16.3 Å². The molecule has 3 aromatic heterocycles. The van der Waals surface area contributed by atoms with Gasteiger partial charge in [-0.3, -0.25) is 4.68 Å². The average molecular weight is 473 g/mol. The second-order valence-corrected chi connectivity index (χ2v) is 7.82. The minimum Gasteiger partial charge on any atom is -0.482 e. The van der Waals surface area contributed by atoms with E-state index < -0.39 is 31.3 Å². The zero-order chi connectivity index (χ0) is 22.7. The Morgan fingerprint density at radius 2 is 2.03 bits per heavy atom. The van der Waals surface area contributed by atoms with Crippen LogP contribution in [-0.4, -0.2) is 55.7 Å². The Bertz CT molecular complexity index is 1300. The number of aromatic nitrogens is 5. The molecule has 1 aliphatic rings. The number of alkyl halides is 5. The van der Waals surface area contributed by atoms with Gasteiger partial charge in [0.1, 0.15) is 12.3 Å². The molecule has 32 heavy (non-hydrogen) atoms. The number of anilines is 1. The Labute approximate surface area is 181 Å². The monoisotopic (exact) mass is 472 g/mol. The van der Waals surface area contributed by atoms with Gasteiger partial charge in [0.2, 0.25) is 0 Å². The van der Waals surface area contributed by atoms with Crippen LogP contribution < -0.4 is 9.64 Å². The van der Waals surface area contributed by atoms with Gasteiger partial charge in [-0.1, -0.05) is 11.6 Å². The Hall–Kier alpha value is -3.15. The number of rotatable bonds is 4. The van der Waals surface area contributed by atoms with Crippen LogP contribution in [0.25, 0.3) is 16.6 Å². The third-order valence-electron chi connectivity index (χ3n) is 5.13. The van der Waals surface area contributed by atoms with Crippen LogP contribution in [0.3, 0.4) is 0 Å². The zero-order valence-corrected chi connectivity index (χ0v) is 16.9. The molecule has 168 valence electrons. The molecule has 5 rings (SSSR count). The average Bonchev–Trinajstić information content (AvgIpc) is 3.38. The SMILES string of the molecule is FC(F)(F)Cn1ncc2ccc(O[C@H]3CN(c4cc(Cl)nn5ccnc45)CC3(F)F)cc21. The highest BCUT2D eigenvalue weighted by Gasteiger charge is 2.50. The van der Waals surface area contributed by atoms with Crippen molar-refractivity contribution in [3.05, 3.63) is 48.0 Å². The molecule has 13 heteroatoms. The summed E-state index contributed by atoms with van der Waals surface area (Å²) in [6, 6.07) is 5.63. The van der Waals surface area contributed by atoms with Crippen molar-refractivity contribution >= 4 is 33.8 Å². The first kappa shape index (κ1) is 20.7. The van der Waals surface area contributed by atoms with E-state index in [1.54, 1.807) is 6.20 Å². The highest BCUT2D eigenvalue weighted by Crippen LogP contribution is 2.36. The maximum atomic E-state index is 14.8. The van der Waals surface area contributed by atoms with Crippen molar-refractivity contribution in [3.63, 3.8) is 0 Å². The summed E-state index contributed by atoms with van der Waals surface area (Å²) in [5.41, 5.74) is 0.876. The Balaban J connectivity index is 1.42. The van der Waals surface area contributed by atoms with Gasteiger partial charge in [-0.2, -0.15) is 23.4 Å². The van der Waals surface area contributed by atoms with Crippen molar-refractivity contribution in [1.82, 2.24) is 24.4 Å². The second kappa shape index (κ2) is 7.19. The summed E-state index contributed by atoms with van der Waals surface area (Å²) >= 11 is 6.01. The summed E-state index contributed by atoms with van der Waals surface area (Å²) in [7, 11) is 0. The smallest absolute Gasteiger partial charge is 0.408 e. The number of imidazole rings is 1. The van der Waals surface area contributed by atoms with E-state index in [9.17, 15) is 22.0 Å². The van der Waals surface area contributed by atoms with Gasteiger partial charge in [0.05, 0.1) is 30.5 Å². The molecule has 0 amide bonds. The molecule has 0 unspecified atom stereocenters. The summed E-state index contributed by atoms with van der Waals surface area (Å²) in [6.45, 7) is -2.12. The highest BCUT2D eigenvalue weighted by molar-refractivity contribution is 6.29. The number of fused-ring (bicyclic) bond motifs is 2. The molecule has 0 N–H and O–H groups in total. The Morgan fingerprint density at radius 1 is 1.22 bits per heavy atom. The van der Waals surface area contributed by atoms with Gasteiger partial charge in [-0.25, -0.2) is 18.3 Å². The lowest BCUT2D eigenvalue weighted by Crippen LogP contribution is -2.36. The molecule has 1 aromatic carbocycles. The van der Waals surface area contributed by atoms with Gasteiger partial charge in [-0.15, -0.1) is 0 Å². The topological polar surface area (TPSA) is 60.5 Å². The van der Waals surface area contributed by atoms with Crippen LogP contribution in [-0.2, 0) is 6.54 Å². The van der Waals surface area contributed by atoms with Crippen molar-refractivity contribution in [1.29, 1.82) is 0 Å². The molecule has 1 aliphatic heterocycles. The van der Waals surface area contributed by atoms with Crippen molar-refractivity contribution in [3.8, 4) is 5.75 Å². The minimum absolute atomic E-state index is 0.0201. The molecule has 1 fully saturated rings. The first-order valence-corrected chi connectivity index (χ1v) is 9.78. The fourth-order valence-corrected chi connectivity index (χ4v) is 3.93. The predicted octanol–water partition coefficient (Wildman–Crippen LogP) is 4.20. The van der Waals surface area contributed by atoms with Crippen molar-refractivity contribution in [2.75, 3.05) is 18.0 Å². The van der Waals surface area contributed by atoms with Crippen LogP contribution in [0.4, 0.5) is 27.6 Å². The summed E-state index contributed by atoms with van der Waals surface area (Å²) in [4.78, 5) is 5.54. The van der Waals surface area contributed by atoms with Gasteiger partial charge in [0.25, 0.3) is 0 Å². The lowest BCUT2D eigenvalue weighted by molar-refractivity contribution is -0.141. The number of ether oxygens (including phenoxy) is 1. The lowest BCUT2D eigenvalue weighted by Gasteiger charge is -2.19. The van der Waals surface area contributed by atoms with E-state index in [0.717, 1.165) is 4.68 Å². The summed E-state index contributed by atoms with van der Waals surface area (Å²) in [5.74, 6) is -3.22. The van der Waals surface area contributed by atoms with Crippen molar-refractivity contribution in [2.24, 2.45) is 0 Å². The van der Waals surface area contributed by atoms with E-state index in [2.05, 4.69) is 15.2 Å². The third-order valence-corrected chi connectivity index (χ3v) is 5.32. The fraction of sp³-hybridized carbons (Fsp3) is 0.316. The normalized spacial score (nSPS) is 18.7. The van der Waals surface area contributed by atoms with Gasteiger partial charge in [-0.05, 0) is 12.1 Å². The molecule has 1 saturated heterocycles. The molecule has 4 heterocycles. The van der Waals surface area contributed by atoms with E-state index in [-0.39, 0.29) is 23.0 Å². The van der Waals surface area contributed by atoms with E-state index in [0.29, 0.717) is 16.7 Å². The molecular weight excluding hydrogens is 459 g/mol. The largest absolute Gasteiger partial charge is 0.482 e. The predicted molar refractivity (Wildman–Crippen MR) is 105 cm³/mol. The first-order chi connectivity index (χ1) is 15.1. The van der Waals surface area contributed by atoms with Crippen LogP contribution in [0.1, 0.15) is 0 Å². The molecule has 0 radical (unpaired) electrons. The van der Waals surface area contributed by atoms with E-state index in [1.165, 1.54) is 46.1 Å². The standard InChI is InChI=1S/C19H14ClF5N6O/c20-16-6-14(17-26-3-4-30(17)28-16)29-8-15(18(21,22)9-29)32-12-2-1-11-7-27-31(13(11)5-12)10-19(23,24)25/h1-7,15H,8-10H2/t15-/m0/s1. The first-order valence-electron chi connectivity index (χ1n) is 9.41. The Morgan fingerprint density at radius 3 is 2.81 bits per heavy atom. The van der Waals surface area contributed by atoms with Crippen molar-refractivity contribution in [2.45, 2.75) is 24.7 Å². The van der Waals surface area contributed by atoms with E-state index in [1.807, 2.05) is 0 Å². The number of nitrogens with zero attached hydrogens (tertiary/aromatic N) is 6. The number of benzene rings is 1. The highest BCUT2D eigenvalue weighted by atomic mass is 35.5. The maximum Gasteiger partial charge on any atom is 0.408 e. The maximum absolute atomic E-state index is 14.8. The van der Waals surface area contributed by atoms with Crippen LogP contribution in [0.2, 0.25) is 5.15 Å². The van der Waals surface area contributed by atoms with Gasteiger partial charge in [0.15, 0.2) is 16.9 Å². The summed E-state index contributed by atoms with van der Waals surface area (Å²) < 4.78 is 75.6. The molecule has 7 nitrogen and oxygen atoms in total. The lowest BCUT2D eigenvalue weighted by atomic mass is 10.2. The number of halogens is 6. The molecule has 0 spiro atoms. The quantitative estimate of drug-likeness (QED) is 0.417. The second-order valence-electron chi connectivity index (χ2n) is 7.43. The zero-order valence-electron chi connectivity index (χ0n) is 16.1. The van der Waals surface area contributed by atoms with Gasteiger partial charge >= 0.3 is 12.1 Å². The van der Waals surface area contributed by atoms with Gasteiger partial charge < -0.3 is 9.64 Å². The van der Waals surface area contributed by atoms with Crippen LogP contribution in [0.15, 0.2) is 42.9 Å². The molecule has 0 bridgehead atoms. The molecule has 1 atom stereocenters. The summed E-state index contributed by atoms with van der Waals surface area (Å²) in [6.07, 6.45) is -1.71.